The summed E-state index contributed by atoms with van der Waals surface area (Å²) in [6.07, 6.45) is -1.11. The van der Waals surface area contributed by atoms with Crippen molar-refractivity contribution in [1.29, 1.82) is 0 Å². The van der Waals surface area contributed by atoms with Crippen molar-refractivity contribution in [3.8, 4) is 5.88 Å². The average molecular weight is 410 g/mol. The van der Waals surface area contributed by atoms with Crippen LogP contribution in [0.3, 0.4) is 0 Å². The van der Waals surface area contributed by atoms with Crippen molar-refractivity contribution < 1.29 is 45.8 Å². The molecule has 0 saturated carbocycles. The average Bonchev–Trinajstić information content (AvgIpc) is 2.82. The fourth-order valence-corrected chi connectivity index (χ4v) is 2.69. The predicted octanol–water partition coefficient (Wildman–Crippen LogP) is 2.52. The third-order valence-electron chi connectivity index (χ3n) is 3.16. The molecule has 148 valence electrons. The van der Waals surface area contributed by atoms with E-state index in [1.165, 1.54) is 23.8 Å². The van der Waals surface area contributed by atoms with Gasteiger partial charge in [-0.15, -0.1) is 0 Å². The highest BCUT2D eigenvalue weighted by Crippen LogP contribution is 2.31. The number of aliphatic carboxylic acids is 1. The zero-order valence-electron chi connectivity index (χ0n) is 13.6. The number of hydrogen-bond acceptors (Lipinski definition) is 6. The van der Waals surface area contributed by atoms with E-state index in [2.05, 4.69) is 4.74 Å². The first-order valence-corrected chi connectivity index (χ1v) is 8.71. The normalized spacial score (nSPS) is 12.0. The molecule has 2 N–H and O–H groups in total. The molecule has 0 aliphatic carbocycles. The molecule has 0 amide bonds. The van der Waals surface area contributed by atoms with Gasteiger partial charge in [-0.3, -0.25) is 9.52 Å². The van der Waals surface area contributed by atoms with Crippen LogP contribution in [0.1, 0.15) is 6.92 Å². The number of nitrogens with zero attached hydrogens (tertiary/aromatic N) is 1. The number of carbonyl (C=O) groups excluding carboxylic acids is 1. The summed E-state index contributed by atoms with van der Waals surface area (Å²) in [5, 5.41) is 9.13. The lowest BCUT2D eigenvalue weighted by atomic mass is 10.2. The number of halogens is 3. The number of aromatic nitrogens is 1. The van der Waals surface area contributed by atoms with Gasteiger partial charge in [0, 0.05) is 17.1 Å². The van der Waals surface area contributed by atoms with E-state index in [4.69, 9.17) is 9.84 Å². The molecule has 1 aromatic heterocycles. The van der Waals surface area contributed by atoms with E-state index in [-0.39, 0.29) is 23.4 Å². The summed E-state index contributed by atoms with van der Waals surface area (Å²) < 4.78 is 71.7. The fourth-order valence-electron chi connectivity index (χ4n) is 2.14. The molecule has 0 radical (unpaired) electrons. The number of carbonyl (C=O) groups is 2. The maximum Gasteiger partial charge on any atom is 0.516 e. The van der Waals surface area contributed by atoms with E-state index in [1.54, 1.807) is 0 Å². The molecular formula is C14H13F3N2O7S. The van der Waals surface area contributed by atoms with Crippen LogP contribution in [0.2, 0.25) is 0 Å². The minimum Gasteiger partial charge on any atom is -0.480 e. The lowest BCUT2D eigenvalue weighted by molar-refractivity contribution is -0.137. The first-order chi connectivity index (χ1) is 12.4. The van der Waals surface area contributed by atoms with Crippen molar-refractivity contribution in [2.75, 3.05) is 11.3 Å². The van der Waals surface area contributed by atoms with Crippen LogP contribution < -0.4 is 9.46 Å². The van der Waals surface area contributed by atoms with E-state index in [9.17, 15) is 31.2 Å². The molecule has 2 aromatic rings. The van der Waals surface area contributed by atoms with Crippen LogP contribution in [-0.2, 0) is 26.1 Å². The topological polar surface area (TPSA) is 124 Å². The van der Waals surface area contributed by atoms with E-state index in [1.807, 2.05) is 0 Å². The lowest BCUT2D eigenvalue weighted by Gasteiger charge is -2.11. The molecule has 0 fully saturated rings. The molecule has 0 aliphatic rings. The summed E-state index contributed by atoms with van der Waals surface area (Å²) in [4.78, 5) is 22.5. The van der Waals surface area contributed by atoms with Gasteiger partial charge in [0.2, 0.25) is 5.88 Å². The van der Waals surface area contributed by atoms with Crippen LogP contribution in [0.25, 0.3) is 10.9 Å². The van der Waals surface area contributed by atoms with E-state index < -0.39 is 39.9 Å². The quantitative estimate of drug-likeness (QED) is 0.701. The number of ether oxygens (including phenoxy) is 2. The first-order valence-electron chi connectivity index (χ1n) is 7.23. The van der Waals surface area contributed by atoms with E-state index >= 15 is 0 Å². The van der Waals surface area contributed by atoms with Crippen LogP contribution in [-0.4, -0.2) is 42.3 Å². The zero-order valence-corrected chi connectivity index (χ0v) is 14.4. The van der Waals surface area contributed by atoms with Crippen molar-refractivity contribution >= 4 is 38.7 Å². The van der Waals surface area contributed by atoms with Gasteiger partial charge in [0.25, 0.3) is 0 Å². The number of nitrogens with one attached hydrogen (secondary N) is 1. The number of benzene rings is 1. The predicted molar refractivity (Wildman–Crippen MR) is 85.8 cm³/mol. The Morgan fingerprint density at radius 1 is 1.26 bits per heavy atom. The Hall–Kier alpha value is -2.96. The van der Waals surface area contributed by atoms with Crippen LogP contribution in [0, 0.1) is 0 Å². The molecule has 1 aromatic carbocycles. The van der Waals surface area contributed by atoms with Crippen molar-refractivity contribution in [2.24, 2.45) is 0 Å². The lowest BCUT2D eigenvalue weighted by Crippen LogP contribution is -2.29. The SMILES string of the molecule is CCOC(=O)Oc1cc2cc(NS(=O)(=O)C(F)(F)F)ccc2n1CC(=O)O. The highest BCUT2D eigenvalue weighted by Gasteiger charge is 2.46. The molecule has 13 heteroatoms. The first kappa shape index (κ1) is 20.4. The Balaban J connectivity index is 2.46. The van der Waals surface area contributed by atoms with Gasteiger partial charge in [0.15, 0.2) is 0 Å². The minimum atomic E-state index is -5.62. The second-order valence-electron chi connectivity index (χ2n) is 5.07. The van der Waals surface area contributed by atoms with Gasteiger partial charge in [0.05, 0.1) is 12.1 Å². The maximum absolute atomic E-state index is 12.5. The standard InChI is InChI=1S/C14H13F3N2O7S/c1-2-25-13(22)26-11-6-8-5-9(18-27(23,24)14(15,16)17)3-4-10(8)19(11)7-12(20)21/h3-6,18H,2,7H2,1H3,(H,20,21). The molecule has 0 atom stereocenters. The molecule has 27 heavy (non-hydrogen) atoms. The summed E-state index contributed by atoms with van der Waals surface area (Å²) in [7, 11) is -5.62. The van der Waals surface area contributed by atoms with Crippen molar-refractivity contribution in [2.45, 2.75) is 19.0 Å². The number of hydrogen-bond donors (Lipinski definition) is 2. The molecule has 0 bridgehead atoms. The van der Waals surface area contributed by atoms with Gasteiger partial charge in [-0.25, -0.2) is 4.79 Å². The van der Waals surface area contributed by atoms with Gasteiger partial charge in [-0.05, 0) is 25.1 Å². The highest BCUT2D eigenvalue weighted by molar-refractivity contribution is 7.93. The smallest absolute Gasteiger partial charge is 0.480 e. The third-order valence-corrected chi connectivity index (χ3v) is 4.28. The fraction of sp³-hybridized carbons (Fsp3) is 0.286. The van der Waals surface area contributed by atoms with Crippen LogP contribution >= 0.6 is 0 Å². The van der Waals surface area contributed by atoms with Gasteiger partial charge < -0.3 is 19.1 Å². The molecule has 0 saturated heterocycles. The second-order valence-corrected chi connectivity index (χ2v) is 6.75. The second kappa shape index (κ2) is 7.34. The van der Waals surface area contributed by atoms with Gasteiger partial charge in [-0.1, -0.05) is 0 Å². The van der Waals surface area contributed by atoms with Crippen LogP contribution in [0.15, 0.2) is 24.3 Å². The molecule has 0 aliphatic heterocycles. The monoisotopic (exact) mass is 410 g/mol. The van der Waals surface area contributed by atoms with Crippen molar-refractivity contribution in [3.63, 3.8) is 0 Å². The number of sulfonamides is 1. The molecule has 1 heterocycles. The number of fused-ring (bicyclic) bond motifs is 1. The summed E-state index contributed by atoms with van der Waals surface area (Å²) in [5.41, 5.74) is -5.73. The molecule has 0 spiro atoms. The summed E-state index contributed by atoms with van der Waals surface area (Å²) in [6, 6.07) is 4.40. The largest absolute Gasteiger partial charge is 0.516 e. The maximum atomic E-state index is 12.5. The highest BCUT2D eigenvalue weighted by atomic mass is 32.2. The Bertz CT molecular complexity index is 982. The Morgan fingerprint density at radius 3 is 2.48 bits per heavy atom. The summed E-state index contributed by atoms with van der Waals surface area (Å²) >= 11 is 0. The van der Waals surface area contributed by atoms with Gasteiger partial charge >= 0.3 is 27.7 Å². The Labute approximate surface area is 150 Å². The van der Waals surface area contributed by atoms with Crippen molar-refractivity contribution in [3.05, 3.63) is 24.3 Å². The molecule has 9 nitrogen and oxygen atoms in total. The molecule has 2 rings (SSSR count). The Kier molecular flexibility index (Phi) is 5.54. The van der Waals surface area contributed by atoms with E-state index in [0.717, 1.165) is 16.7 Å². The number of carboxylic acids is 1. The van der Waals surface area contributed by atoms with E-state index in [0.29, 0.717) is 0 Å². The third kappa shape index (κ3) is 4.61. The number of rotatable bonds is 6. The van der Waals surface area contributed by atoms with Crippen LogP contribution in [0.5, 0.6) is 5.88 Å². The number of alkyl halides is 3. The zero-order chi connectivity index (χ0) is 20.4. The number of anilines is 1. The Morgan fingerprint density at radius 2 is 1.93 bits per heavy atom. The van der Waals surface area contributed by atoms with Crippen molar-refractivity contribution in [1.82, 2.24) is 4.57 Å². The van der Waals surface area contributed by atoms with Gasteiger partial charge in [0.1, 0.15) is 6.54 Å². The van der Waals surface area contributed by atoms with Crippen LogP contribution in [0.4, 0.5) is 23.7 Å². The molecular weight excluding hydrogens is 397 g/mol. The summed E-state index contributed by atoms with van der Waals surface area (Å²) in [6.45, 7) is 0.903. The number of carboxylic acid groups (broad SMARTS) is 1. The minimum absolute atomic E-state index is 0.00135. The van der Waals surface area contributed by atoms with Gasteiger partial charge in [-0.2, -0.15) is 21.6 Å². The summed E-state index contributed by atoms with van der Waals surface area (Å²) in [5.74, 6) is -1.51. The molecule has 0 unspecified atom stereocenters.